The van der Waals surface area contributed by atoms with E-state index >= 15 is 0 Å². The van der Waals surface area contributed by atoms with E-state index < -0.39 is 0 Å². The predicted octanol–water partition coefficient (Wildman–Crippen LogP) is 2.02. The van der Waals surface area contributed by atoms with E-state index in [1.165, 1.54) is 0 Å². The topological polar surface area (TPSA) is 46.2 Å². The van der Waals surface area contributed by atoms with Gasteiger partial charge in [0.15, 0.2) is 0 Å². The molecule has 13 heavy (non-hydrogen) atoms. The molecule has 0 aromatic rings. The zero-order valence-corrected chi connectivity index (χ0v) is 9.51. The predicted molar refractivity (Wildman–Crippen MR) is 57.5 cm³/mol. The van der Waals surface area contributed by atoms with Gasteiger partial charge in [0.25, 0.3) is 0 Å². The Morgan fingerprint density at radius 2 is 1.77 bits per heavy atom. The van der Waals surface area contributed by atoms with Crippen LogP contribution < -0.4 is 5.73 Å². The van der Waals surface area contributed by atoms with Crippen molar-refractivity contribution in [2.45, 2.75) is 40.5 Å². The Labute approximate surface area is 82.5 Å². The Balaban J connectivity index is 4.22. The molecule has 0 rings (SSSR count). The molecule has 0 spiro atoms. The molecule has 0 aliphatic heterocycles. The number of aliphatic hydroxyl groups is 1. The molecule has 0 aromatic carbocycles. The van der Waals surface area contributed by atoms with Gasteiger partial charge in [0.1, 0.15) is 0 Å². The van der Waals surface area contributed by atoms with E-state index in [2.05, 4.69) is 27.7 Å². The van der Waals surface area contributed by atoms with Gasteiger partial charge in [-0.15, -0.1) is 0 Å². The Bertz CT molecular complexity index is 128. The molecule has 0 aromatic heterocycles. The zero-order valence-electron chi connectivity index (χ0n) is 9.51. The molecule has 0 saturated carbocycles. The van der Waals surface area contributed by atoms with Gasteiger partial charge in [-0.05, 0) is 18.3 Å². The van der Waals surface area contributed by atoms with E-state index in [-0.39, 0.29) is 12.0 Å². The molecule has 0 fully saturated rings. The lowest BCUT2D eigenvalue weighted by Gasteiger charge is -2.35. The highest BCUT2D eigenvalue weighted by atomic mass is 16.3. The summed E-state index contributed by atoms with van der Waals surface area (Å²) in [6.07, 6.45) is 2.19. The van der Waals surface area contributed by atoms with E-state index in [9.17, 15) is 5.11 Å². The van der Waals surface area contributed by atoms with Crippen LogP contribution in [0.2, 0.25) is 0 Å². The second kappa shape index (κ2) is 5.61. The van der Waals surface area contributed by atoms with Gasteiger partial charge < -0.3 is 10.8 Å². The summed E-state index contributed by atoms with van der Waals surface area (Å²) in [7, 11) is 0. The molecular formula is C11H25NO. The van der Waals surface area contributed by atoms with Crippen LogP contribution in [0.4, 0.5) is 0 Å². The minimum absolute atomic E-state index is 0.0513. The Kier molecular flexibility index (Phi) is 5.57. The van der Waals surface area contributed by atoms with Crippen LogP contribution >= 0.6 is 0 Å². The van der Waals surface area contributed by atoms with Crippen molar-refractivity contribution in [3.05, 3.63) is 0 Å². The van der Waals surface area contributed by atoms with Crippen LogP contribution in [0.25, 0.3) is 0 Å². The first kappa shape index (κ1) is 12.9. The highest BCUT2D eigenvalue weighted by molar-refractivity contribution is 4.83. The highest BCUT2D eigenvalue weighted by Crippen LogP contribution is 2.32. The monoisotopic (exact) mass is 187 g/mol. The quantitative estimate of drug-likeness (QED) is 0.668. The number of hydrogen-bond donors (Lipinski definition) is 2. The SMILES string of the molecule is CC(C)CCC(CN)(CO)C(C)C. The second-order valence-corrected chi connectivity index (χ2v) is 4.81. The first-order valence-electron chi connectivity index (χ1n) is 5.29. The summed E-state index contributed by atoms with van der Waals surface area (Å²) in [5.41, 5.74) is 5.69. The molecule has 1 atom stereocenters. The number of rotatable bonds is 6. The molecule has 0 aliphatic carbocycles. The Hall–Kier alpha value is -0.0800. The first-order valence-corrected chi connectivity index (χ1v) is 5.29. The van der Waals surface area contributed by atoms with Crippen LogP contribution in [0.15, 0.2) is 0 Å². The van der Waals surface area contributed by atoms with Gasteiger partial charge in [-0.25, -0.2) is 0 Å². The zero-order chi connectivity index (χ0) is 10.5. The van der Waals surface area contributed by atoms with Gasteiger partial charge in [0.05, 0.1) is 6.61 Å². The van der Waals surface area contributed by atoms with Crippen molar-refractivity contribution in [2.75, 3.05) is 13.2 Å². The van der Waals surface area contributed by atoms with Crippen LogP contribution in [-0.4, -0.2) is 18.3 Å². The van der Waals surface area contributed by atoms with Crippen LogP contribution in [-0.2, 0) is 0 Å². The molecule has 0 saturated heterocycles. The van der Waals surface area contributed by atoms with Crippen molar-refractivity contribution >= 4 is 0 Å². The normalized spacial score (nSPS) is 16.6. The summed E-state index contributed by atoms with van der Waals surface area (Å²) < 4.78 is 0. The average Bonchev–Trinajstić information content (AvgIpc) is 2.06. The second-order valence-electron chi connectivity index (χ2n) is 4.81. The third kappa shape index (κ3) is 3.65. The smallest absolute Gasteiger partial charge is 0.0501 e. The van der Waals surface area contributed by atoms with Gasteiger partial charge >= 0.3 is 0 Å². The average molecular weight is 187 g/mol. The molecule has 0 amide bonds. The van der Waals surface area contributed by atoms with Crippen LogP contribution in [0, 0.1) is 17.3 Å². The molecule has 2 heteroatoms. The third-order valence-corrected chi connectivity index (χ3v) is 3.17. The lowest BCUT2D eigenvalue weighted by molar-refractivity contribution is 0.0694. The fourth-order valence-electron chi connectivity index (χ4n) is 1.53. The van der Waals surface area contributed by atoms with Crippen LogP contribution in [0.3, 0.4) is 0 Å². The van der Waals surface area contributed by atoms with E-state index in [1.54, 1.807) is 0 Å². The van der Waals surface area contributed by atoms with E-state index in [1.807, 2.05) is 0 Å². The first-order chi connectivity index (χ1) is 5.98. The fourth-order valence-corrected chi connectivity index (χ4v) is 1.53. The maximum Gasteiger partial charge on any atom is 0.0501 e. The van der Waals surface area contributed by atoms with Gasteiger partial charge in [0.2, 0.25) is 0 Å². The van der Waals surface area contributed by atoms with E-state index in [4.69, 9.17) is 5.73 Å². The Morgan fingerprint density at radius 1 is 1.23 bits per heavy atom. The van der Waals surface area contributed by atoms with Crippen molar-refractivity contribution in [1.29, 1.82) is 0 Å². The maximum atomic E-state index is 9.38. The lowest BCUT2D eigenvalue weighted by Crippen LogP contribution is -2.39. The minimum Gasteiger partial charge on any atom is -0.396 e. The number of nitrogens with two attached hydrogens (primary N) is 1. The number of hydrogen-bond acceptors (Lipinski definition) is 2. The highest BCUT2D eigenvalue weighted by Gasteiger charge is 2.31. The van der Waals surface area contributed by atoms with Crippen LogP contribution in [0.1, 0.15) is 40.5 Å². The summed E-state index contributed by atoms with van der Waals surface area (Å²) in [5, 5.41) is 9.38. The molecule has 3 N–H and O–H groups in total. The van der Waals surface area contributed by atoms with Gasteiger partial charge in [-0.2, -0.15) is 0 Å². The molecule has 80 valence electrons. The minimum atomic E-state index is -0.0513. The van der Waals surface area contributed by atoms with Crippen molar-refractivity contribution in [2.24, 2.45) is 23.0 Å². The molecule has 0 aliphatic rings. The van der Waals surface area contributed by atoms with Crippen LogP contribution in [0.5, 0.6) is 0 Å². The molecule has 0 radical (unpaired) electrons. The van der Waals surface area contributed by atoms with Crippen molar-refractivity contribution in [1.82, 2.24) is 0 Å². The van der Waals surface area contributed by atoms with E-state index in [0.29, 0.717) is 18.4 Å². The standard InChI is InChI=1S/C11H25NO/c1-9(2)5-6-11(7-12,8-13)10(3)4/h9-10,13H,5-8,12H2,1-4H3. The summed E-state index contributed by atoms with van der Waals surface area (Å²) in [6.45, 7) is 9.51. The molecule has 0 heterocycles. The van der Waals surface area contributed by atoms with Gasteiger partial charge in [0, 0.05) is 12.0 Å². The van der Waals surface area contributed by atoms with E-state index in [0.717, 1.165) is 12.8 Å². The van der Waals surface area contributed by atoms with Crippen molar-refractivity contribution in [3.8, 4) is 0 Å². The molecule has 1 unspecified atom stereocenters. The number of aliphatic hydroxyl groups excluding tert-OH is 1. The van der Waals surface area contributed by atoms with Crippen molar-refractivity contribution < 1.29 is 5.11 Å². The maximum absolute atomic E-state index is 9.38. The fraction of sp³-hybridized carbons (Fsp3) is 1.00. The molecule has 2 nitrogen and oxygen atoms in total. The lowest BCUT2D eigenvalue weighted by atomic mass is 9.73. The summed E-state index contributed by atoms with van der Waals surface area (Å²) in [5.74, 6) is 1.15. The molecule has 0 bridgehead atoms. The Morgan fingerprint density at radius 3 is 2.00 bits per heavy atom. The third-order valence-electron chi connectivity index (χ3n) is 3.17. The van der Waals surface area contributed by atoms with Gasteiger partial charge in [-0.1, -0.05) is 34.1 Å². The summed E-state index contributed by atoms with van der Waals surface area (Å²) in [6, 6.07) is 0. The van der Waals surface area contributed by atoms with Gasteiger partial charge in [-0.3, -0.25) is 0 Å². The summed E-state index contributed by atoms with van der Waals surface area (Å²) >= 11 is 0. The van der Waals surface area contributed by atoms with Crippen molar-refractivity contribution in [3.63, 3.8) is 0 Å². The summed E-state index contributed by atoms with van der Waals surface area (Å²) in [4.78, 5) is 0. The largest absolute Gasteiger partial charge is 0.396 e. The molecular weight excluding hydrogens is 162 g/mol.